The lowest BCUT2D eigenvalue weighted by Crippen LogP contribution is -2.45. The molecule has 1 atom stereocenters. The molecule has 2 rings (SSSR count). The maximum absolute atomic E-state index is 13.9. The molecule has 5 heteroatoms. The van der Waals surface area contributed by atoms with Gasteiger partial charge in [0, 0.05) is 18.6 Å². The Hall–Kier alpha value is -1.29. The van der Waals surface area contributed by atoms with Crippen LogP contribution in [0.3, 0.4) is 0 Å². The van der Waals surface area contributed by atoms with E-state index in [0.717, 1.165) is 12.8 Å². The minimum Gasteiger partial charge on any atom is -0.337 e. The van der Waals surface area contributed by atoms with Crippen molar-refractivity contribution in [2.45, 2.75) is 46.5 Å². The lowest BCUT2D eigenvalue weighted by atomic mass is 9.64. The molecule has 1 saturated carbocycles. The lowest BCUT2D eigenvalue weighted by Gasteiger charge is -2.43. The third-order valence-electron chi connectivity index (χ3n) is 4.78. The number of amides is 2. The van der Waals surface area contributed by atoms with Gasteiger partial charge in [-0.3, -0.25) is 4.90 Å². The SMILES string of the molecule is CN(C(=O)NCC1(C)CCCC(C)(C)C1)c1ccc(Cl)cc1F. The second-order valence-electron chi connectivity index (χ2n) is 7.82. The number of nitrogens with zero attached hydrogens (tertiary/aromatic N) is 1. The summed E-state index contributed by atoms with van der Waals surface area (Å²) in [6, 6.07) is 4.01. The molecule has 0 saturated heterocycles. The van der Waals surface area contributed by atoms with Gasteiger partial charge in [-0.25, -0.2) is 9.18 Å². The van der Waals surface area contributed by atoms with Crippen LogP contribution in [-0.4, -0.2) is 19.6 Å². The number of benzene rings is 1. The van der Waals surface area contributed by atoms with Crippen LogP contribution in [0.25, 0.3) is 0 Å². The average molecular weight is 341 g/mol. The lowest BCUT2D eigenvalue weighted by molar-refractivity contribution is 0.100. The van der Waals surface area contributed by atoms with E-state index in [1.54, 1.807) is 13.1 Å². The number of nitrogens with one attached hydrogen (secondary N) is 1. The number of hydrogen-bond acceptors (Lipinski definition) is 1. The minimum atomic E-state index is -0.500. The van der Waals surface area contributed by atoms with Crippen molar-refractivity contribution < 1.29 is 9.18 Å². The Kier molecular flexibility index (Phi) is 5.24. The van der Waals surface area contributed by atoms with Crippen molar-refractivity contribution >= 4 is 23.3 Å². The van der Waals surface area contributed by atoms with Crippen molar-refractivity contribution in [3.05, 3.63) is 29.0 Å². The highest BCUT2D eigenvalue weighted by molar-refractivity contribution is 6.30. The van der Waals surface area contributed by atoms with Crippen LogP contribution < -0.4 is 10.2 Å². The van der Waals surface area contributed by atoms with E-state index < -0.39 is 5.82 Å². The summed E-state index contributed by atoms with van der Waals surface area (Å²) in [7, 11) is 1.56. The summed E-state index contributed by atoms with van der Waals surface area (Å²) in [6.45, 7) is 7.38. The van der Waals surface area contributed by atoms with Gasteiger partial charge in [0.2, 0.25) is 0 Å². The highest BCUT2D eigenvalue weighted by Gasteiger charge is 2.36. The molecule has 2 amide bonds. The molecule has 0 heterocycles. The Morgan fingerprint density at radius 2 is 2.04 bits per heavy atom. The maximum Gasteiger partial charge on any atom is 0.321 e. The number of carbonyl (C=O) groups excluding carboxylic acids is 1. The number of urea groups is 1. The van der Waals surface area contributed by atoms with Crippen LogP contribution in [0.15, 0.2) is 18.2 Å². The quantitative estimate of drug-likeness (QED) is 0.802. The van der Waals surface area contributed by atoms with Crippen molar-refractivity contribution in [2.75, 3.05) is 18.5 Å². The van der Waals surface area contributed by atoms with E-state index in [1.165, 1.54) is 29.9 Å². The third kappa shape index (κ3) is 4.60. The van der Waals surface area contributed by atoms with E-state index in [-0.39, 0.29) is 17.1 Å². The van der Waals surface area contributed by atoms with Crippen molar-refractivity contribution in [3.63, 3.8) is 0 Å². The second-order valence-corrected chi connectivity index (χ2v) is 8.26. The van der Waals surface area contributed by atoms with E-state index in [1.807, 2.05) is 0 Å². The Labute approximate surface area is 143 Å². The van der Waals surface area contributed by atoms with Crippen LogP contribution >= 0.6 is 11.6 Å². The molecule has 1 aliphatic rings. The number of carbonyl (C=O) groups is 1. The summed E-state index contributed by atoms with van der Waals surface area (Å²) in [6.07, 6.45) is 4.60. The van der Waals surface area contributed by atoms with Crippen LogP contribution in [0, 0.1) is 16.6 Å². The number of rotatable bonds is 3. The fraction of sp³-hybridized carbons (Fsp3) is 0.611. The highest BCUT2D eigenvalue weighted by Crippen LogP contribution is 2.45. The zero-order chi connectivity index (χ0) is 17.3. The molecular formula is C18H26ClFN2O. The second kappa shape index (κ2) is 6.68. The van der Waals surface area contributed by atoms with Crippen LogP contribution in [0.4, 0.5) is 14.9 Å². The van der Waals surface area contributed by atoms with Crippen molar-refractivity contribution in [1.29, 1.82) is 0 Å². The van der Waals surface area contributed by atoms with E-state index >= 15 is 0 Å². The van der Waals surface area contributed by atoms with Gasteiger partial charge in [0.15, 0.2) is 0 Å². The van der Waals surface area contributed by atoms with Gasteiger partial charge >= 0.3 is 6.03 Å². The highest BCUT2D eigenvalue weighted by atomic mass is 35.5. The standard InChI is InChI=1S/C18H26ClFN2O/c1-17(2)8-5-9-18(3,11-17)12-21-16(23)22(4)15-7-6-13(19)10-14(15)20/h6-7,10H,5,8-9,11-12H2,1-4H3,(H,21,23). The minimum absolute atomic E-state index is 0.0940. The predicted octanol–water partition coefficient (Wildman–Crippen LogP) is 5.23. The van der Waals surface area contributed by atoms with Gasteiger partial charge in [0.05, 0.1) is 5.69 Å². The first-order valence-corrected chi connectivity index (χ1v) is 8.46. The summed E-state index contributed by atoms with van der Waals surface area (Å²) >= 11 is 5.75. The first-order chi connectivity index (χ1) is 10.6. The van der Waals surface area contributed by atoms with Crippen LogP contribution in [0.1, 0.15) is 46.5 Å². The number of hydrogen-bond donors (Lipinski definition) is 1. The third-order valence-corrected chi connectivity index (χ3v) is 5.02. The van der Waals surface area contributed by atoms with Gasteiger partial charge in [-0.05, 0) is 48.3 Å². The molecule has 0 radical (unpaired) electrons. The molecule has 23 heavy (non-hydrogen) atoms. The summed E-state index contributed by atoms with van der Waals surface area (Å²) in [5.41, 5.74) is 0.629. The van der Waals surface area contributed by atoms with Crippen molar-refractivity contribution in [2.24, 2.45) is 10.8 Å². The van der Waals surface area contributed by atoms with E-state index in [9.17, 15) is 9.18 Å². The molecular weight excluding hydrogens is 315 g/mol. The summed E-state index contributed by atoms with van der Waals surface area (Å²) in [5.74, 6) is -0.500. The Morgan fingerprint density at radius 1 is 1.35 bits per heavy atom. The normalized spacial score (nSPS) is 23.4. The molecule has 0 aromatic heterocycles. The van der Waals surface area contributed by atoms with Crippen LogP contribution in [0.2, 0.25) is 5.02 Å². The molecule has 3 nitrogen and oxygen atoms in total. The molecule has 128 valence electrons. The zero-order valence-corrected chi connectivity index (χ0v) is 15.1. The molecule has 1 unspecified atom stereocenters. The van der Waals surface area contributed by atoms with Crippen molar-refractivity contribution in [3.8, 4) is 0 Å². The van der Waals surface area contributed by atoms with Crippen molar-refractivity contribution in [1.82, 2.24) is 5.32 Å². The first kappa shape index (κ1) is 18.1. The molecule has 1 aromatic rings. The van der Waals surface area contributed by atoms with Gasteiger partial charge in [0.1, 0.15) is 5.82 Å². The fourth-order valence-corrected chi connectivity index (χ4v) is 3.91. The molecule has 0 bridgehead atoms. The monoisotopic (exact) mass is 340 g/mol. The molecule has 0 spiro atoms. The topological polar surface area (TPSA) is 32.3 Å². The van der Waals surface area contributed by atoms with E-state index in [4.69, 9.17) is 11.6 Å². The van der Waals surface area contributed by atoms with Crippen LogP contribution in [0.5, 0.6) is 0 Å². The summed E-state index contributed by atoms with van der Waals surface area (Å²) in [4.78, 5) is 13.6. The van der Waals surface area contributed by atoms with Crippen LogP contribution in [-0.2, 0) is 0 Å². The summed E-state index contributed by atoms with van der Waals surface area (Å²) in [5, 5.41) is 3.27. The fourth-order valence-electron chi connectivity index (χ4n) is 3.75. The summed E-state index contributed by atoms with van der Waals surface area (Å²) < 4.78 is 13.9. The molecule has 1 aliphatic carbocycles. The maximum atomic E-state index is 13.9. The number of halogens is 2. The van der Waals surface area contributed by atoms with E-state index in [2.05, 4.69) is 26.1 Å². The molecule has 1 aromatic carbocycles. The Bertz CT molecular complexity index is 590. The van der Waals surface area contributed by atoms with Gasteiger partial charge < -0.3 is 5.32 Å². The molecule has 1 fully saturated rings. The smallest absolute Gasteiger partial charge is 0.321 e. The van der Waals surface area contributed by atoms with Gasteiger partial charge in [0.25, 0.3) is 0 Å². The Balaban J connectivity index is 1.99. The van der Waals surface area contributed by atoms with E-state index in [0.29, 0.717) is 17.0 Å². The van der Waals surface area contributed by atoms with Gasteiger partial charge in [-0.15, -0.1) is 0 Å². The zero-order valence-electron chi connectivity index (χ0n) is 14.4. The predicted molar refractivity (Wildman–Crippen MR) is 93.6 cm³/mol. The van der Waals surface area contributed by atoms with Gasteiger partial charge in [-0.2, -0.15) is 0 Å². The number of anilines is 1. The molecule has 0 aliphatic heterocycles. The van der Waals surface area contributed by atoms with Gasteiger partial charge in [-0.1, -0.05) is 38.8 Å². The largest absolute Gasteiger partial charge is 0.337 e. The Morgan fingerprint density at radius 3 is 2.65 bits per heavy atom. The molecule has 1 N–H and O–H groups in total. The average Bonchev–Trinajstić information content (AvgIpc) is 2.43. The first-order valence-electron chi connectivity index (χ1n) is 8.09.